The molecule has 2 N–H and O–H groups in total. The van der Waals surface area contributed by atoms with E-state index in [2.05, 4.69) is 16.4 Å². The van der Waals surface area contributed by atoms with E-state index in [1.165, 1.54) is 4.57 Å². The number of amides is 1. The number of anilines is 4. The zero-order valence-corrected chi connectivity index (χ0v) is 23.8. The number of carbonyl (C=O) groups is 1. The van der Waals surface area contributed by atoms with Gasteiger partial charge in [0.05, 0.1) is 25.1 Å². The summed E-state index contributed by atoms with van der Waals surface area (Å²) < 4.78 is 7.09. The second-order valence-electron chi connectivity index (χ2n) is 10.3. The summed E-state index contributed by atoms with van der Waals surface area (Å²) in [6.07, 6.45) is 4.96. The van der Waals surface area contributed by atoms with Crippen molar-refractivity contribution in [3.8, 4) is 16.9 Å². The molecule has 3 heterocycles. The highest BCUT2D eigenvalue weighted by atomic mass is 16.5. The first kappa shape index (κ1) is 27.9. The van der Waals surface area contributed by atoms with Crippen LogP contribution in [0.2, 0.25) is 0 Å². The number of pyridine rings is 2. The van der Waals surface area contributed by atoms with E-state index >= 15 is 0 Å². The van der Waals surface area contributed by atoms with Crippen molar-refractivity contribution in [2.45, 2.75) is 26.4 Å². The van der Waals surface area contributed by atoms with Gasteiger partial charge in [0.15, 0.2) is 0 Å². The number of aliphatic hydroxyl groups excluding tert-OH is 1. The van der Waals surface area contributed by atoms with Crippen LogP contribution < -0.4 is 25.4 Å². The van der Waals surface area contributed by atoms with Crippen LogP contribution in [-0.4, -0.2) is 47.8 Å². The molecule has 0 aliphatic carbocycles. The summed E-state index contributed by atoms with van der Waals surface area (Å²) in [5.74, 6) is 1.08. The summed E-state index contributed by atoms with van der Waals surface area (Å²) in [4.78, 5) is 34.8. The van der Waals surface area contributed by atoms with Crippen molar-refractivity contribution in [1.29, 1.82) is 0 Å². The van der Waals surface area contributed by atoms with Gasteiger partial charge in [-0.25, -0.2) is 4.98 Å². The van der Waals surface area contributed by atoms with Gasteiger partial charge in [-0.3, -0.25) is 9.59 Å². The number of aryl methyl sites for hydroxylation is 1. The highest BCUT2D eigenvalue weighted by molar-refractivity contribution is 6.09. The van der Waals surface area contributed by atoms with Gasteiger partial charge >= 0.3 is 0 Å². The van der Waals surface area contributed by atoms with Gasteiger partial charge in [0.25, 0.3) is 11.5 Å². The number of carbonyl (C=O) groups excluding carboxylic acids is 1. The Kier molecular flexibility index (Phi) is 8.07. The molecule has 4 aromatic rings. The van der Waals surface area contributed by atoms with Crippen molar-refractivity contribution in [3.63, 3.8) is 0 Å². The van der Waals surface area contributed by atoms with Crippen molar-refractivity contribution in [2.24, 2.45) is 7.05 Å². The van der Waals surface area contributed by atoms with E-state index in [0.717, 1.165) is 28.8 Å². The maximum Gasteiger partial charge on any atom is 0.274 e. The Morgan fingerprint density at radius 3 is 2.61 bits per heavy atom. The number of benzene rings is 2. The van der Waals surface area contributed by atoms with Gasteiger partial charge in [-0.1, -0.05) is 19.1 Å². The largest absolute Gasteiger partial charge is 0.492 e. The van der Waals surface area contributed by atoms with Gasteiger partial charge in [-0.05, 0) is 66.4 Å². The predicted octanol–water partition coefficient (Wildman–Crippen LogP) is 4.74. The molecular weight excluding hydrogens is 518 g/mol. The molecule has 0 bridgehead atoms. The number of hydrogen-bond donors (Lipinski definition) is 2. The molecule has 0 radical (unpaired) electrons. The van der Waals surface area contributed by atoms with E-state index in [-0.39, 0.29) is 18.1 Å². The SMILES string of the molecule is CCCOc1ccc(Nc2cc(-c3cccc(N4CCc5cc(N(C)C)ccc5C4=O)c3CO)cn(C)c2=O)nc1. The molecule has 1 aliphatic heterocycles. The molecule has 5 rings (SSSR count). The third kappa shape index (κ3) is 5.67. The molecule has 1 aliphatic rings. The highest BCUT2D eigenvalue weighted by Crippen LogP contribution is 2.35. The number of fused-ring (bicyclic) bond motifs is 1. The number of nitrogens with zero attached hydrogens (tertiary/aromatic N) is 4. The van der Waals surface area contributed by atoms with Gasteiger partial charge in [-0.2, -0.15) is 0 Å². The topological polar surface area (TPSA) is 99.9 Å². The predicted molar refractivity (Wildman–Crippen MR) is 162 cm³/mol. The van der Waals surface area contributed by atoms with Crippen molar-refractivity contribution in [3.05, 3.63) is 94.0 Å². The van der Waals surface area contributed by atoms with Crippen molar-refractivity contribution >= 4 is 28.8 Å². The van der Waals surface area contributed by atoms with Crippen LogP contribution in [-0.2, 0) is 20.1 Å². The summed E-state index contributed by atoms with van der Waals surface area (Å²) in [7, 11) is 5.64. The van der Waals surface area contributed by atoms with Crippen molar-refractivity contribution in [1.82, 2.24) is 9.55 Å². The van der Waals surface area contributed by atoms with Gasteiger partial charge < -0.3 is 29.5 Å². The first-order valence-corrected chi connectivity index (χ1v) is 13.7. The van der Waals surface area contributed by atoms with Crippen LogP contribution in [0, 0.1) is 0 Å². The van der Waals surface area contributed by atoms with E-state index in [0.29, 0.717) is 53.6 Å². The Morgan fingerprint density at radius 1 is 1.07 bits per heavy atom. The minimum atomic E-state index is -0.270. The lowest BCUT2D eigenvalue weighted by molar-refractivity contribution is 0.0980. The van der Waals surface area contributed by atoms with Crippen LogP contribution in [0.5, 0.6) is 5.75 Å². The monoisotopic (exact) mass is 553 g/mol. The van der Waals surface area contributed by atoms with Crippen LogP contribution in [0.25, 0.3) is 11.1 Å². The van der Waals surface area contributed by atoms with E-state index in [1.54, 1.807) is 36.5 Å². The quantitative estimate of drug-likeness (QED) is 0.309. The lowest BCUT2D eigenvalue weighted by Crippen LogP contribution is -2.38. The molecular formula is C32H35N5O4. The molecule has 0 spiro atoms. The standard InChI is InChI=1S/C32H35N5O4/c1-5-15-41-24-10-12-30(33-18-24)34-28-17-22(19-36(4)32(28)40)25-7-6-8-29(27(25)20-38)37-14-13-21-16-23(35(2)3)9-11-26(21)31(37)39/h6-12,16-19,38H,5,13-15,20H2,1-4H3,(H,33,34). The molecule has 2 aromatic heterocycles. The van der Waals surface area contributed by atoms with Crippen LogP contribution in [0.4, 0.5) is 22.9 Å². The fourth-order valence-electron chi connectivity index (χ4n) is 5.09. The third-order valence-electron chi connectivity index (χ3n) is 7.25. The Hall–Kier alpha value is -4.63. The summed E-state index contributed by atoms with van der Waals surface area (Å²) in [6.45, 7) is 2.88. The third-order valence-corrected chi connectivity index (χ3v) is 7.25. The lowest BCUT2D eigenvalue weighted by atomic mass is 9.94. The van der Waals surface area contributed by atoms with Crippen LogP contribution in [0.1, 0.15) is 34.8 Å². The fraction of sp³-hybridized carbons (Fsp3) is 0.281. The normalized spacial score (nSPS) is 12.7. The Bertz CT molecular complexity index is 1630. The summed E-state index contributed by atoms with van der Waals surface area (Å²) in [5, 5.41) is 13.7. The van der Waals surface area contributed by atoms with Gasteiger partial charge in [0.1, 0.15) is 17.3 Å². The van der Waals surface area contributed by atoms with E-state index in [4.69, 9.17) is 4.74 Å². The summed E-state index contributed by atoms with van der Waals surface area (Å²) in [5.41, 5.74) is 5.61. The van der Waals surface area contributed by atoms with Crippen molar-refractivity contribution < 1.29 is 14.6 Å². The molecule has 9 heteroatoms. The molecule has 9 nitrogen and oxygen atoms in total. The Morgan fingerprint density at radius 2 is 1.90 bits per heavy atom. The average molecular weight is 554 g/mol. The van der Waals surface area contributed by atoms with E-state index in [1.807, 2.05) is 62.3 Å². The summed E-state index contributed by atoms with van der Waals surface area (Å²) >= 11 is 0. The van der Waals surface area contributed by atoms with Crippen LogP contribution in [0.15, 0.2) is 71.8 Å². The summed E-state index contributed by atoms with van der Waals surface area (Å²) in [6, 6.07) is 16.8. The van der Waals surface area contributed by atoms with Crippen molar-refractivity contribution in [2.75, 3.05) is 42.4 Å². The first-order chi connectivity index (χ1) is 19.8. The first-order valence-electron chi connectivity index (χ1n) is 13.7. The molecule has 1 amide bonds. The number of aliphatic hydroxyl groups is 1. The number of nitrogens with one attached hydrogen (secondary N) is 1. The minimum absolute atomic E-state index is 0.0938. The molecule has 0 fully saturated rings. The Labute approximate surface area is 239 Å². The average Bonchev–Trinajstić information content (AvgIpc) is 2.98. The smallest absolute Gasteiger partial charge is 0.274 e. The molecule has 41 heavy (non-hydrogen) atoms. The van der Waals surface area contributed by atoms with Gasteiger partial charge in [-0.15, -0.1) is 0 Å². The highest BCUT2D eigenvalue weighted by Gasteiger charge is 2.28. The van der Waals surface area contributed by atoms with Gasteiger partial charge in [0.2, 0.25) is 0 Å². The number of hydrogen-bond acceptors (Lipinski definition) is 7. The minimum Gasteiger partial charge on any atom is -0.492 e. The molecule has 0 saturated carbocycles. The molecule has 212 valence electrons. The number of rotatable bonds is 9. The number of ether oxygens (including phenoxy) is 1. The zero-order chi connectivity index (χ0) is 29.1. The zero-order valence-electron chi connectivity index (χ0n) is 23.8. The Balaban J connectivity index is 1.48. The second-order valence-corrected chi connectivity index (χ2v) is 10.3. The van der Waals surface area contributed by atoms with Gasteiger partial charge in [0, 0.05) is 56.3 Å². The fourth-order valence-corrected chi connectivity index (χ4v) is 5.09. The maximum atomic E-state index is 13.6. The van der Waals surface area contributed by atoms with E-state index < -0.39 is 0 Å². The number of aromatic nitrogens is 2. The maximum absolute atomic E-state index is 13.6. The second kappa shape index (κ2) is 11.9. The van der Waals surface area contributed by atoms with Crippen LogP contribution >= 0.6 is 0 Å². The molecule has 0 atom stereocenters. The lowest BCUT2D eigenvalue weighted by Gasteiger charge is -2.31. The molecule has 0 unspecified atom stereocenters. The molecule has 0 saturated heterocycles. The van der Waals surface area contributed by atoms with E-state index in [9.17, 15) is 14.7 Å². The van der Waals surface area contributed by atoms with Crippen LogP contribution in [0.3, 0.4) is 0 Å². The molecule has 2 aromatic carbocycles.